The molecule has 0 aliphatic rings. The van der Waals surface area contributed by atoms with E-state index < -0.39 is 0 Å². The molecule has 0 N–H and O–H groups in total. The summed E-state index contributed by atoms with van der Waals surface area (Å²) in [5.41, 5.74) is 4.30. The highest BCUT2D eigenvalue weighted by molar-refractivity contribution is 6.28. The molecular weight excluding hydrogens is 579 g/mol. The maximum absolute atomic E-state index is 15.5. The smallest absolute Gasteiger partial charge is 0.156 e. The molecule has 0 radical (unpaired) electrons. The summed E-state index contributed by atoms with van der Waals surface area (Å²) < 4.78 is 15.5. The van der Waals surface area contributed by atoms with Gasteiger partial charge in [0.15, 0.2) is 5.82 Å². The molecule has 1 aromatic heterocycles. The molecule has 0 fully saturated rings. The number of anilines is 6. The Labute approximate surface area is 270 Å². The quantitative estimate of drug-likeness (QED) is 0.176. The van der Waals surface area contributed by atoms with Crippen molar-refractivity contribution in [3.63, 3.8) is 0 Å². The monoisotopic (exact) mass is 606 g/mol. The van der Waals surface area contributed by atoms with Crippen molar-refractivity contribution in [1.82, 2.24) is 9.97 Å². The largest absolute Gasteiger partial charge is 0.307 e. The minimum Gasteiger partial charge on any atom is -0.307 e. The van der Waals surface area contributed by atoms with Gasteiger partial charge >= 0.3 is 0 Å². The molecule has 0 saturated heterocycles. The zero-order chi connectivity index (χ0) is 31.3. The molecule has 0 saturated carbocycles. The van der Waals surface area contributed by atoms with Crippen LogP contribution in [0.15, 0.2) is 164 Å². The van der Waals surface area contributed by atoms with E-state index in [4.69, 9.17) is 4.98 Å². The Kier molecular flexibility index (Phi) is 6.28. The summed E-state index contributed by atoms with van der Waals surface area (Å²) in [5, 5.41) is 9.00. The fourth-order valence-electron chi connectivity index (χ4n) is 6.90. The molecule has 47 heavy (non-hydrogen) atoms. The predicted molar refractivity (Wildman–Crippen MR) is 193 cm³/mol. The number of hydrogen-bond donors (Lipinski definition) is 0. The maximum Gasteiger partial charge on any atom is 0.156 e. The summed E-state index contributed by atoms with van der Waals surface area (Å²) in [7, 11) is 0. The Morgan fingerprint density at radius 1 is 0.447 bits per heavy atom. The van der Waals surface area contributed by atoms with Gasteiger partial charge in [0.25, 0.3) is 0 Å². The topological polar surface area (TPSA) is 32.3 Å². The molecule has 9 rings (SSSR count). The van der Waals surface area contributed by atoms with E-state index in [0.717, 1.165) is 66.3 Å². The van der Waals surface area contributed by atoms with Gasteiger partial charge in [-0.1, -0.05) is 97.1 Å². The Hall–Kier alpha value is -6.33. The number of halogens is 1. The van der Waals surface area contributed by atoms with E-state index in [1.807, 2.05) is 47.4 Å². The van der Waals surface area contributed by atoms with E-state index in [0.29, 0.717) is 5.69 Å². The van der Waals surface area contributed by atoms with Crippen molar-refractivity contribution in [1.29, 1.82) is 0 Å². The van der Waals surface area contributed by atoms with Gasteiger partial charge in [-0.15, -0.1) is 0 Å². The average Bonchev–Trinajstić information content (AvgIpc) is 3.13. The molecule has 0 unspecified atom stereocenters. The second-order valence-corrected chi connectivity index (χ2v) is 11.6. The number of nitrogens with zero attached hydrogens (tertiary/aromatic N) is 4. The van der Waals surface area contributed by atoms with Gasteiger partial charge in [0.1, 0.15) is 5.82 Å². The van der Waals surface area contributed by atoms with Crippen LogP contribution in [0.25, 0.3) is 43.1 Å². The fourth-order valence-corrected chi connectivity index (χ4v) is 6.90. The number of rotatable bonds is 6. The molecule has 8 aromatic carbocycles. The van der Waals surface area contributed by atoms with Crippen LogP contribution < -0.4 is 9.80 Å². The van der Waals surface area contributed by atoms with Crippen molar-refractivity contribution in [2.75, 3.05) is 9.80 Å². The lowest BCUT2D eigenvalue weighted by atomic mass is 9.91. The fraction of sp³-hybridized carbons (Fsp3) is 0. The van der Waals surface area contributed by atoms with Gasteiger partial charge < -0.3 is 4.90 Å². The summed E-state index contributed by atoms with van der Waals surface area (Å²) in [5.74, 6) is 0.452. The van der Waals surface area contributed by atoms with Crippen molar-refractivity contribution >= 4 is 77.3 Å². The predicted octanol–water partition coefficient (Wildman–Crippen LogP) is 11.6. The van der Waals surface area contributed by atoms with Crippen molar-refractivity contribution < 1.29 is 4.39 Å². The van der Waals surface area contributed by atoms with E-state index in [1.54, 1.807) is 24.7 Å². The van der Waals surface area contributed by atoms with Crippen LogP contribution in [-0.2, 0) is 0 Å². The van der Waals surface area contributed by atoms with E-state index in [1.165, 1.54) is 11.5 Å². The minimum atomic E-state index is -0.278. The van der Waals surface area contributed by atoms with Crippen LogP contribution in [0.5, 0.6) is 0 Å². The van der Waals surface area contributed by atoms with Crippen molar-refractivity contribution in [3.05, 3.63) is 170 Å². The van der Waals surface area contributed by atoms with Crippen LogP contribution >= 0.6 is 0 Å². The van der Waals surface area contributed by atoms with Gasteiger partial charge in [0, 0.05) is 34.5 Å². The number of para-hydroxylation sites is 2. The van der Waals surface area contributed by atoms with E-state index >= 15 is 4.39 Å². The van der Waals surface area contributed by atoms with E-state index in [-0.39, 0.29) is 5.82 Å². The molecule has 0 bridgehead atoms. The minimum absolute atomic E-state index is 0.278. The normalized spacial score (nSPS) is 11.5. The molecule has 222 valence electrons. The first-order chi connectivity index (χ1) is 23.2. The lowest BCUT2D eigenvalue weighted by Crippen LogP contribution is -2.13. The molecular formula is C42H27FN4. The SMILES string of the molecule is Fc1ccccc1N(c1ccccc1)c1ccc2ccc3c(N(c4ccc5ccccc5c4)c4cnccn4)ccc4ccc1c2c43. The van der Waals surface area contributed by atoms with Gasteiger partial charge in [-0.05, 0) is 80.8 Å². The van der Waals surface area contributed by atoms with E-state index in [2.05, 4.69) is 101 Å². The van der Waals surface area contributed by atoms with Crippen LogP contribution in [0.2, 0.25) is 0 Å². The first-order valence-electron chi connectivity index (χ1n) is 15.6. The third-order valence-corrected chi connectivity index (χ3v) is 8.98. The summed E-state index contributed by atoms with van der Waals surface area (Å²) in [6, 6.07) is 49.1. The Morgan fingerprint density at radius 3 is 1.77 bits per heavy atom. The Balaban J connectivity index is 1.32. The molecule has 5 heteroatoms. The molecule has 0 amide bonds. The third-order valence-electron chi connectivity index (χ3n) is 8.98. The summed E-state index contributed by atoms with van der Waals surface area (Å²) >= 11 is 0. The van der Waals surface area contributed by atoms with Crippen LogP contribution in [-0.4, -0.2) is 9.97 Å². The molecule has 0 spiro atoms. The lowest BCUT2D eigenvalue weighted by Gasteiger charge is -2.29. The number of benzene rings is 8. The number of hydrogen-bond acceptors (Lipinski definition) is 4. The number of aromatic nitrogens is 2. The van der Waals surface area contributed by atoms with Gasteiger partial charge in [0.05, 0.1) is 23.3 Å². The Morgan fingerprint density at radius 2 is 1.06 bits per heavy atom. The summed E-state index contributed by atoms with van der Waals surface area (Å²) in [4.78, 5) is 13.4. The zero-order valence-corrected chi connectivity index (χ0v) is 25.3. The standard InChI is InChI=1S/C42H27FN4/c43-36-12-6-7-13-39(36)46(32-10-2-1-3-11-32)37-22-17-29-16-21-35-38(23-18-30-15-20-34(37)41(29)42(30)35)47(40-27-44-24-25-45-40)33-19-14-28-8-4-5-9-31(28)26-33/h1-27H. The molecule has 4 nitrogen and oxygen atoms in total. The molecule has 9 aromatic rings. The van der Waals surface area contributed by atoms with Gasteiger partial charge in [-0.3, -0.25) is 9.88 Å². The first kappa shape index (κ1) is 27.0. The average molecular weight is 607 g/mol. The van der Waals surface area contributed by atoms with Crippen LogP contribution in [0.3, 0.4) is 0 Å². The van der Waals surface area contributed by atoms with Crippen LogP contribution in [0, 0.1) is 5.82 Å². The van der Waals surface area contributed by atoms with Crippen molar-refractivity contribution in [2.24, 2.45) is 0 Å². The lowest BCUT2D eigenvalue weighted by molar-refractivity contribution is 0.629. The summed E-state index contributed by atoms with van der Waals surface area (Å²) in [6.45, 7) is 0. The van der Waals surface area contributed by atoms with Gasteiger partial charge in [-0.25, -0.2) is 9.37 Å². The third kappa shape index (κ3) is 4.43. The summed E-state index contributed by atoms with van der Waals surface area (Å²) in [6.07, 6.45) is 5.23. The maximum atomic E-state index is 15.5. The highest BCUT2D eigenvalue weighted by atomic mass is 19.1. The molecule has 1 heterocycles. The second-order valence-electron chi connectivity index (χ2n) is 11.6. The number of fused-ring (bicyclic) bond motifs is 1. The highest BCUT2D eigenvalue weighted by Gasteiger charge is 2.23. The van der Waals surface area contributed by atoms with Crippen molar-refractivity contribution in [3.8, 4) is 0 Å². The highest BCUT2D eigenvalue weighted by Crippen LogP contribution is 2.47. The molecule has 0 aliphatic heterocycles. The van der Waals surface area contributed by atoms with Crippen LogP contribution in [0.4, 0.5) is 38.6 Å². The second kappa shape index (κ2) is 10.9. The van der Waals surface area contributed by atoms with Gasteiger partial charge in [-0.2, -0.15) is 0 Å². The molecule has 0 atom stereocenters. The van der Waals surface area contributed by atoms with Gasteiger partial charge in [0.2, 0.25) is 0 Å². The Bertz CT molecular complexity index is 2550. The first-order valence-corrected chi connectivity index (χ1v) is 15.6. The zero-order valence-electron chi connectivity index (χ0n) is 25.3. The molecule has 0 aliphatic carbocycles. The van der Waals surface area contributed by atoms with Crippen LogP contribution in [0.1, 0.15) is 0 Å². The van der Waals surface area contributed by atoms with Crippen molar-refractivity contribution in [2.45, 2.75) is 0 Å². The van der Waals surface area contributed by atoms with E-state index in [9.17, 15) is 0 Å².